The summed E-state index contributed by atoms with van der Waals surface area (Å²) in [5, 5.41) is 17.3. The number of nitrogens with one attached hydrogen (secondary N) is 2. The van der Waals surface area contributed by atoms with E-state index in [1.54, 1.807) is 11.3 Å². The number of hydrogen-bond donors (Lipinski definition) is 3. The van der Waals surface area contributed by atoms with Crippen LogP contribution in [0.5, 0.6) is 0 Å². The highest BCUT2D eigenvalue weighted by Gasteiger charge is 2.41. The molecule has 3 N–H and O–H groups in total. The van der Waals surface area contributed by atoms with Crippen LogP contribution in [0.1, 0.15) is 24.6 Å². The number of anilines is 1. The predicted octanol–water partition coefficient (Wildman–Crippen LogP) is 1.32. The third-order valence-electron chi connectivity index (χ3n) is 2.84. The summed E-state index contributed by atoms with van der Waals surface area (Å²) in [5.41, 5.74) is 0.816. The van der Waals surface area contributed by atoms with Crippen molar-refractivity contribution < 1.29 is 9.90 Å². The van der Waals surface area contributed by atoms with Crippen molar-refractivity contribution in [3.8, 4) is 0 Å². The van der Waals surface area contributed by atoms with Gasteiger partial charge in [0.15, 0.2) is 0 Å². The van der Waals surface area contributed by atoms with Crippen molar-refractivity contribution in [1.29, 1.82) is 0 Å². The number of carbonyl (C=O) groups is 1. The summed E-state index contributed by atoms with van der Waals surface area (Å²) in [6.45, 7) is 2.40. The lowest BCUT2D eigenvalue weighted by atomic mass is 10.3. The van der Waals surface area contributed by atoms with Crippen LogP contribution in [0.4, 0.5) is 5.69 Å². The number of carbonyl (C=O) groups excluding carboxylic acids is 1. The van der Waals surface area contributed by atoms with Gasteiger partial charge >= 0.3 is 0 Å². The molecule has 5 heteroatoms. The molecule has 1 aliphatic carbocycles. The van der Waals surface area contributed by atoms with Gasteiger partial charge in [-0.25, -0.2) is 0 Å². The molecule has 1 saturated carbocycles. The quantitative estimate of drug-likeness (QED) is 0.727. The lowest BCUT2D eigenvalue weighted by molar-refractivity contribution is -0.114. The Bertz CT molecular complexity index is 385. The smallest absolute Gasteiger partial charge is 0.221 e. The highest BCUT2D eigenvalue weighted by molar-refractivity contribution is 7.10. The van der Waals surface area contributed by atoms with Crippen LogP contribution in [-0.4, -0.2) is 23.2 Å². The summed E-state index contributed by atoms with van der Waals surface area (Å²) in [7, 11) is 0. The molecule has 0 aromatic carbocycles. The maximum absolute atomic E-state index is 11.0. The molecule has 1 aliphatic rings. The third-order valence-corrected chi connectivity index (χ3v) is 3.76. The van der Waals surface area contributed by atoms with Crippen LogP contribution in [-0.2, 0) is 11.3 Å². The van der Waals surface area contributed by atoms with Crippen LogP contribution in [0.3, 0.4) is 0 Å². The molecule has 1 aromatic rings. The number of aliphatic hydroxyl groups excluding tert-OH is 1. The molecule has 1 amide bonds. The molecule has 0 unspecified atom stereocenters. The van der Waals surface area contributed by atoms with Crippen LogP contribution >= 0.6 is 11.3 Å². The summed E-state index contributed by atoms with van der Waals surface area (Å²) in [6.07, 6.45) is 2.06. The van der Waals surface area contributed by atoms with E-state index in [-0.39, 0.29) is 18.1 Å². The van der Waals surface area contributed by atoms with Crippen molar-refractivity contribution in [2.24, 2.45) is 0 Å². The average Bonchev–Trinajstić information content (AvgIpc) is 2.91. The lowest BCUT2D eigenvalue weighted by Gasteiger charge is -2.14. The van der Waals surface area contributed by atoms with Crippen molar-refractivity contribution in [1.82, 2.24) is 5.32 Å². The molecule has 2 rings (SSSR count). The van der Waals surface area contributed by atoms with Crippen molar-refractivity contribution in [3.63, 3.8) is 0 Å². The molecule has 1 heterocycles. The van der Waals surface area contributed by atoms with E-state index in [1.807, 2.05) is 11.4 Å². The summed E-state index contributed by atoms with van der Waals surface area (Å²) < 4.78 is 0. The molecule has 0 radical (unpaired) electrons. The van der Waals surface area contributed by atoms with E-state index in [1.165, 1.54) is 6.92 Å². The summed E-state index contributed by atoms with van der Waals surface area (Å²) in [4.78, 5) is 12.1. The van der Waals surface area contributed by atoms with E-state index >= 15 is 0 Å². The van der Waals surface area contributed by atoms with Crippen LogP contribution in [0, 0.1) is 0 Å². The van der Waals surface area contributed by atoms with Crippen LogP contribution in [0.25, 0.3) is 0 Å². The Labute approximate surface area is 98.7 Å². The zero-order valence-corrected chi connectivity index (χ0v) is 10.1. The highest BCUT2D eigenvalue weighted by Crippen LogP contribution is 2.35. The largest absolute Gasteiger partial charge is 0.394 e. The van der Waals surface area contributed by atoms with Crippen LogP contribution < -0.4 is 10.6 Å². The fraction of sp³-hybridized carbons (Fsp3) is 0.545. The molecular formula is C11H16N2O2S. The molecule has 1 aromatic heterocycles. The summed E-state index contributed by atoms with van der Waals surface area (Å²) >= 11 is 1.61. The Balaban J connectivity index is 1.94. The monoisotopic (exact) mass is 240 g/mol. The van der Waals surface area contributed by atoms with Crippen LogP contribution in [0.15, 0.2) is 11.4 Å². The molecule has 1 fully saturated rings. The van der Waals surface area contributed by atoms with Gasteiger partial charge in [-0.3, -0.25) is 4.79 Å². The third kappa shape index (κ3) is 2.61. The summed E-state index contributed by atoms with van der Waals surface area (Å²) in [5.74, 6) is -0.0528. The molecule has 4 nitrogen and oxygen atoms in total. The van der Waals surface area contributed by atoms with Gasteiger partial charge in [0.2, 0.25) is 5.91 Å². The minimum absolute atomic E-state index is 0.0528. The fourth-order valence-electron chi connectivity index (χ4n) is 1.59. The SMILES string of the molecule is CC(=O)Nc1ccsc1CNC1(CO)CC1. The van der Waals surface area contributed by atoms with Gasteiger partial charge in [0.05, 0.1) is 12.3 Å². The van der Waals surface area contributed by atoms with E-state index in [2.05, 4.69) is 10.6 Å². The molecule has 0 aliphatic heterocycles. The van der Waals surface area contributed by atoms with Gasteiger partial charge in [-0.15, -0.1) is 11.3 Å². The molecule has 88 valence electrons. The van der Waals surface area contributed by atoms with Crippen molar-refractivity contribution in [3.05, 3.63) is 16.3 Å². The molecule has 0 bridgehead atoms. The second-order valence-electron chi connectivity index (χ2n) is 4.23. The lowest BCUT2D eigenvalue weighted by Crippen LogP contribution is -2.34. The number of amides is 1. The molecule has 0 saturated heterocycles. The van der Waals surface area contributed by atoms with E-state index in [4.69, 9.17) is 0 Å². The number of thiophene rings is 1. The van der Waals surface area contributed by atoms with Gasteiger partial charge in [0.1, 0.15) is 0 Å². The maximum Gasteiger partial charge on any atom is 0.221 e. The summed E-state index contributed by atoms with van der Waals surface area (Å²) in [6, 6.07) is 1.90. The number of hydrogen-bond acceptors (Lipinski definition) is 4. The Morgan fingerprint density at radius 2 is 2.38 bits per heavy atom. The number of rotatable bonds is 5. The van der Waals surface area contributed by atoms with Crippen molar-refractivity contribution >= 4 is 22.9 Å². The van der Waals surface area contributed by atoms with Gasteiger partial charge in [0.25, 0.3) is 0 Å². The fourth-order valence-corrected chi connectivity index (χ4v) is 2.36. The second-order valence-corrected chi connectivity index (χ2v) is 5.23. The van der Waals surface area contributed by atoms with Gasteiger partial charge < -0.3 is 15.7 Å². The molecule has 0 spiro atoms. The molecule has 16 heavy (non-hydrogen) atoms. The van der Waals surface area contributed by atoms with Crippen LogP contribution in [0.2, 0.25) is 0 Å². The zero-order chi connectivity index (χ0) is 11.6. The van der Waals surface area contributed by atoms with E-state index in [0.29, 0.717) is 6.54 Å². The highest BCUT2D eigenvalue weighted by atomic mass is 32.1. The van der Waals surface area contributed by atoms with Gasteiger partial charge in [-0.2, -0.15) is 0 Å². The Morgan fingerprint density at radius 1 is 1.62 bits per heavy atom. The maximum atomic E-state index is 11.0. The minimum Gasteiger partial charge on any atom is -0.394 e. The van der Waals surface area contributed by atoms with Gasteiger partial charge in [-0.05, 0) is 24.3 Å². The van der Waals surface area contributed by atoms with Crippen molar-refractivity contribution in [2.45, 2.75) is 31.8 Å². The topological polar surface area (TPSA) is 61.4 Å². The van der Waals surface area contributed by atoms with E-state index < -0.39 is 0 Å². The normalized spacial score (nSPS) is 17.1. The first-order valence-electron chi connectivity index (χ1n) is 5.35. The van der Waals surface area contributed by atoms with Gasteiger partial charge in [0, 0.05) is 23.9 Å². The average molecular weight is 240 g/mol. The molecule has 0 atom stereocenters. The Hall–Kier alpha value is -0.910. The second kappa shape index (κ2) is 4.53. The Morgan fingerprint density at radius 3 is 2.94 bits per heavy atom. The Kier molecular flexibility index (Phi) is 3.28. The first kappa shape index (κ1) is 11.6. The first-order valence-corrected chi connectivity index (χ1v) is 6.23. The number of aliphatic hydroxyl groups is 1. The van der Waals surface area contributed by atoms with E-state index in [0.717, 1.165) is 23.4 Å². The van der Waals surface area contributed by atoms with E-state index in [9.17, 15) is 9.90 Å². The predicted molar refractivity (Wildman–Crippen MR) is 64.5 cm³/mol. The molecular weight excluding hydrogens is 224 g/mol. The zero-order valence-electron chi connectivity index (χ0n) is 9.25. The first-order chi connectivity index (χ1) is 7.65. The minimum atomic E-state index is -0.0581. The standard InChI is InChI=1S/C11H16N2O2S/c1-8(15)13-9-2-5-16-10(9)6-12-11(7-14)3-4-11/h2,5,12,14H,3-4,6-7H2,1H3,(H,13,15). The van der Waals surface area contributed by atoms with Gasteiger partial charge in [-0.1, -0.05) is 0 Å². The van der Waals surface area contributed by atoms with Crippen molar-refractivity contribution in [2.75, 3.05) is 11.9 Å².